The molecule has 2 atom stereocenters. The first kappa shape index (κ1) is 12.4. The fourth-order valence-electron chi connectivity index (χ4n) is 1.27. The van der Waals surface area contributed by atoms with Crippen LogP contribution in [0.4, 0.5) is 0 Å². The number of thiocarbonyl (C=S) groups is 1. The third-order valence-corrected chi connectivity index (χ3v) is 2.14. The van der Waals surface area contributed by atoms with E-state index in [-0.39, 0.29) is 5.11 Å². The summed E-state index contributed by atoms with van der Waals surface area (Å²) in [7, 11) is 0. The Bertz CT molecular complexity index is 383. The molecule has 0 fully saturated rings. The molecule has 1 aromatic carbocycles. The summed E-state index contributed by atoms with van der Waals surface area (Å²) in [6.07, 6.45) is -1.21. The molecule has 0 aliphatic carbocycles. The van der Waals surface area contributed by atoms with Crippen molar-refractivity contribution in [3.63, 3.8) is 0 Å². The van der Waals surface area contributed by atoms with Crippen LogP contribution < -0.4 is 11.1 Å². The number of aliphatic hydroxyl groups is 1. The molecule has 86 valence electrons. The summed E-state index contributed by atoms with van der Waals surface area (Å²) >= 11 is 4.55. The van der Waals surface area contributed by atoms with Crippen LogP contribution in [-0.4, -0.2) is 27.3 Å². The minimum absolute atomic E-state index is 0.164. The molecule has 0 saturated heterocycles. The van der Waals surface area contributed by atoms with Gasteiger partial charge in [0.05, 0.1) is 0 Å². The Hall–Kier alpha value is -1.66. The van der Waals surface area contributed by atoms with Crippen molar-refractivity contribution < 1.29 is 15.0 Å². The van der Waals surface area contributed by atoms with E-state index in [0.717, 1.165) is 0 Å². The average molecular weight is 240 g/mol. The zero-order valence-corrected chi connectivity index (χ0v) is 9.15. The normalized spacial score (nSPS) is 13.8. The molecular formula is C10H12N2O3S. The molecule has 1 aromatic rings. The molecule has 5 N–H and O–H groups in total. The molecule has 1 rings (SSSR count). The molecule has 0 amide bonds. The lowest BCUT2D eigenvalue weighted by molar-refractivity contribution is -0.142. The monoisotopic (exact) mass is 240 g/mol. The van der Waals surface area contributed by atoms with Gasteiger partial charge < -0.3 is 21.3 Å². The van der Waals surface area contributed by atoms with Crippen molar-refractivity contribution >= 4 is 23.3 Å². The van der Waals surface area contributed by atoms with Crippen LogP contribution in [-0.2, 0) is 4.79 Å². The van der Waals surface area contributed by atoms with Gasteiger partial charge in [0.25, 0.3) is 0 Å². The van der Waals surface area contributed by atoms with E-state index < -0.39 is 18.1 Å². The number of aliphatic carboxylic acids is 1. The molecule has 6 heteroatoms. The van der Waals surface area contributed by atoms with Gasteiger partial charge in [-0.3, -0.25) is 0 Å². The van der Waals surface area contributed by atoms with E-state index >= 15 is 0 Å². The molecule has 0 saturated carbocycles. The second kappa shape index (κ2) is 5.43. The number of nitrogens with one attached hydrogen (secondary N) is 1. The third-order valence-electron chi connectivity index (χ3n) is 2.02. The Morgan fingerprint density at radius 3 is 2.38 bits per heavy atom. The standard InChI is InChI=1S/C10H12N2O3S/c11-10(16)12-7(9(14)15)8(13)6-4-2-1-3-5-6/h1-5,7-8,13H,(H,14,15)(H3,11,12,16)/t7-,8+/m1/s1. The first-order valence-corrected chi connectivity index (χ1v) is 4.95. The van der Waals surface area contributed by atoms with Gasteiger partial charge >= 0.3 is 5.97 Å². The lowest BCUT2D eigenvalue weighted by atomic mass is 10.0. The van der Waals surface area contributed by atoms with Crippen LogP contribution in [0.2, 0.25) is 0 Å². The van der Waals surface area contributed by atoms with Crippen molar-refractivity contribution in [3.8, 4) is 0 Å². The van der Waals surface area contributed by atoms with Gasteiger partial charge in [0.1, 0.15) is 6.10 Å². The molecule has 0 spiro atoms. The van der Waals surface area contributed by atoms with Crippen LogP contribution in [0.5, 0.6) is 0 Å². The number of carboxylic acids is 1. The van der Waals surface area contributed by atoms with Crippen molar-refractivity contribution in [1.29, 1.82) is 0 Å². The predicted molar refractivity (Wildman–Crippen MR) is 62.7 cm³/mol. The van der Waals surface area contributed by atoms with Crippen molar-refractivity contribution in [1.82, 2.24) is 5.32 Å². The Morgan fingerprint density at radius 2 is 1.94 bits per heavy atom. The maximum Gasteiger partial charge on any atom is 0.329 e. The fourth-order valence-corrected chi connectivity index (χ4v) is 1.40. The summed E-state index contributed by atoms with van der Waals surface area (Å²) in [5.41, 5.74) is 5.68. The summed E-state index contributed by atoms with van der Waals surface area (Å²) in [6, 6.07) is 7.19. The van der Waals surface area contributed by atoms with Crippen LogP contribution in [0.1, 0.15) is 11.7 Å². The number of carboxylic acid groups (broad SMARTS) is 1. The number of nitrogens with two attached hydrogens (primary N) is 1. The summed E-state index contributed by atoms with van der Waals surface area (Å²) in [5.74, 6) is -1.22. The van der Waals surface area contributed by atoms with Gasteiger partial charge in [0.2, 0.25) is 0 Å². The van der Waals surface area contributed by atoms with Crippen molar-refractivity contribution in [3.05, 3.63) is 35.9 Å². The Labute approximate surface area is 97.9 Å². The molecule has 0 radical (unpaired) electrons. The Kier molecular flexibility index (Phi) is 4.21. The van der Waals surface area contributed by atoms with Gasteiger partial charge in [-0.25, -0.2) is 4.79 Å². The topological polar surface area (TPSA) is 95.6 Å². The first-order chi connectivity index (χ1) is 7.52. The highest BCUT2D eigenvalue weighted by Crippen LogP contribution is 2.16. The second-order valence-electron chi connectivity index (χ2n) is 3.18. The number of rotatable bonds is 4. The molecule has 0 aliphatic heterocycles. The van der Waals surface area contributed by atoms with Gasteiger partial charge in [-0.05, 0) is 17.8 Å². The molecule has 0 heterocycles. The Balaban J connectivity index is 2.87. The fraction of sp³-hybridized carbons (Fsp3) is 0.200. The van der Waals surface area contributed by atoms with Gasteiger partial charge in [0.15, 0.2) is 11.2 Å². The molecular weight excluding hydrogens is 228 g/mol. The molecule has 0 bridgehead atoms. The maximum atomic E-state index is 10.9. The van der Waals surface area contributed by atoms with E-state index in [0.29, 0.717) is 5.56 Å². The van der Waals surface area contributed by atoms with E-state index in [9.17, 15) is 9.90 Å². The van der Waals surface area contributed by atoms with E-state index in [1.807, 2.05) is 0 Å². The smallest absolute Gasteiger partial charge is 0.329 e. The number of benzene rings is 1. The summed E-state index contributed by atoms with van der Waals surface area (Å²) in [5, 5.41) is 20.9. The average Bonchev–Trinajstić information content (AvgIpc) is 2.25. The van der Waals surface area contributed by atoms with E-state index in [2.05, 4.69) is 17.5 Å². The highest BCUT2D eigenvalue weighted by Gasteiger charge is 2.27. The number of carbonyl (C=O) groups is 1. The number of aliphatic hydroxyl groups excluding tert-OH is 1. The van der Waals surface area contributed by atoms with Gasteiger partial charge in [0, 0.05) is 0 Å². The minimum atomic E-state index is -1.25. The minimum Gasteiger partial charge on any atom is -0.480 e. The highest BCUT2D eigenvalue weighted by atomic mass is 32.1. The SMILES string of the molecule is NC(=S)N[C@@H](C(=O)O)[C@@H](O)c1ccccc1. The van der Waals surface area contributed by atoms with E-state index in [4.69, 9.17) is 10.8 Å². The number of hydrogen-bond donors (Lipinski definition) is 4. The maximum absolute atomic E-state index is 10.9. The van der Waals surface area contributed by atoms with E-state index in [1.54, 1.807) is 30.3 Å². The molecule has 16 heavy (non-hydrogen) atoms. The molecule has 5 nitrogen and oxygen atoms in total. The van der Waals surface area contributed by atoms with E-state index in [1.165, 1.54) is 0 Å². The Morgan fingerprint density at radius 1 is 1.38 bits per heavy atom. The quantitative estimate of drug-likeness (QED) is 0.554. The van der Waals surface area contributed by atoms with Crippen molar-refractivity contribution in [2.45, 2.75) is 12.1 Å². The predicted octanol–water partition coefficient (Wildman–Crippen LogP) is 0.00640. The first-order valence-electron chi connectivity index (χ1n) is 4.54. The summed E-state index contributed by atoms with van der Waals surface area (Å²) in [4.78, 5) is 10.9. The van der Waals surface area contributed by atoms with Gasteiger partial charge in [-0.2, -0.15) is 0 Å². The largest absolute Gasteiger partial charge is 0.480 e. The summed E-state index contributed by atoms with van der Waals surface area (Å²) < 4.78 is 0. The van der Waals surface area contributed by atoms with Crippen LogP contribution in [0.25, 0.3) is 0 Å². The number of hydrogen-bond acceptors (Lipinski definition) is 3. The molecule has 0 aromatic heterocycles. The zero-order valence-electron chi connectivity index (χ0n) is 8.33. The second-order valence-corrected chi connectivity index (χ2v) is 3.62. The lowest BCUT2D eigenvalue weighted by Gasteiger charge is -2.20. The molecule has 0 aliphatic rings. The van der Waals surface area contributed by atoms with Gasteiger partial charge in [-0.1, -0.05) is 30.3 Å². The van der Waals surface area contributed by atoms with Crippen LogP contribution in [0, 0.1) is 0 Å². The van der Waals surface area contributed by atoms with Gasteiger partial charge in [-0.15, -0.1) is 0 Å². The highest BCUT2D eigenvalue weighted by molar-refractivity contribution is 7.80. The van der Waals surface area contributed by atoms with Crippen molar-refractivity contribution in [2.75, 3.05) is 0 Å². The van der Waals surface area contributed by atoms with Crippen LogP contribution in [0.15, 0.2) is 30.3 Å². The van der Waals surface area contributed by atoms with Crippen LogP contribution in [0.3, 0.4) is 0 Å². The molecule has 0 unspecified atom stereocenters. The summed E-state index contributed by atoms with van der Waals surface area (Å²) in [6.45, 7) is 0. The van der Waals surface area contributed by atoms with Crippen molar-refractivity contribution in [2.24, 2.45) is 5.73 Å². The zero-order chi connectivity index (χ0) is 12.1. The third kappa shape index (κ3) is 3.18. The van der Waals surface area contributed by atoms with Crippen LogP contribution >= 0.6 is 12.2 Å². The lowest BCUT2D eigenvalue weighted by Crippen LogP contribution is -2.47.